The van der Waals surface area contributed by atoms with Crippen LogP contribution in [-0.4, -0.2) is 63.8 Å². The molecule has 0 radical (unpaired) electrons. The zero-order chi connectivity index (χ0) is 22.6. The molecule has 3 rings (SSSR count). The maximum atomic E-state index is 12.6. The van der Waals surface area contributed by atoms with E-state index < -0.39 is 5.60 Å². The van der Waals surface area contributed by atoms with Gasteiger partial charge in [-0.1, -0.05) is 17.7 Å². The van der Waals surface area contributed by atoms with Gasteiger partial charge >= 0.3 is 6.09 Å². The van der Waals surface area contributed by atoms with E-state index in [0.717, 1.165) is 24.0 Å². The molecule has 0 saturated carbocycles. The topological polar surface area (TPSA) is 88.8 Å². The van der Waals surface area contributed by atoms with Crippen molar-refractivity contribution in [3.8, 4) is 11.5 Å². The van der Waals surface area contributed by atoms with Crippen molar-refractivity contribution in [1.82, 2.24) is 20.0 Å². The third-order valence-corrected chi connectivity index (χ3v) is 5.36. The van der Waals surface area contributed by atoms with Crippen LogP contribution in [0.1, 0.15) is 51.5 Å². The van der Waals surface area contributed by atoms with Crippen LogP contribution in [0.3, 0.4) is 0 Å². The average Bonchev–Trinajstić information content (AvgIpc) is 3.20. The lowest BCUT2D eigenvalue weighted by Crippen LogP contribution is -2.48. The normalized spacial score (nSPS) is 15.1. The highest BCUT2D eigenvalue weighted by Gasteiger charge is 2.30. The summed E-state index contributed by atoms with van der Waals surface area (Å²) in [6.07, 6.45) is 1.88. The summed E-state index contributed by atoms with van der Waals surface area (Å²) in [6, 6.07) is 7.94. The molecule has 2 amide bonds. The van der Waals surface area contributed by atoms with Crippen LogP contribution in [0, 0.1) is 6.92 Å². The molecule has 0 N–H and O–H groups in total. The summed E-state index contributed by atoms with van der Waals surface area (Å²) in [5, 5.41) is 8.16. The summed E-state index contributed by atoms with van der Waals surface area (Å²) in [5.74, 6) is 0.991. The molecule has 8 heteroatoms. The zero-order valence-corrected chi connectivity index (χ0v) is 19.1. The number of carbonyl (C=O) groups excluding carboxylic acids is 2. The van der Waals surface area contributed by atoms with Crippen molar-refractivity contribution in [1.29, 1.82) is 0 Å². The third kappa shape index (κ3) is 6.29. The standard InChI is InChI=1S/C23H32N4O4/c1-16-6-8-17(9-7-16)21-25-24-19(30-21)10-11-20(28)27-14-12-18(13-15-27)26(5)22(29)31-23(2,3)4/h6-9,18H,10-15H2,1-5H3. The summed E-state index contributed by atoms with van der Waals surface area (Å²) in [7, 11) is 1.76. The van der Waals surface area contributed by atoms with E-state index in [1.165, 1.54) is 0 Å². The molecule has 0 bridgehead atoms. The fourth-order valence-electron chi connectivity index (χ4n) is 3.52. The Labute approximate surface area is 183 Å². The Morgan fingerprint density at radius 2 is 1.81 bits per heavy atom. The first-order valence-electron chi connectivity index (χ1n) is 10.8. The number of ether oxygens (including phenoxy) is 1. The van der Waals surface area contributed by atoms with Gasteiger partial charge in [-0.15, -0.1) is 10.2 Å². The number of aromatic nitrogens is 2. The molecule has 1 fully saturated rings. The number of aryl methyl sites for hydroxylation is 2. The lowest BCUT2D eigenvalue weighted by Gasteiger charge is -2.37. The number of likely N-dealkylation sites (tertiary alicyclic amines) is 1. The Morgan fingerprint density at radius 3 is 2.42 bits per heavy atom. The molecule has 1 aromatic carbocycles. The first-order chi connectivity index (χ1) is 14.6. The van der Waals surface area contributed by atoms with Crippen LogP contribution < -0.4 is 0 Å². The van der Waals surface area contributed by atoms with E-state index in [-0.39, 0.29) is 18.0 Å². The van der Waals surface area contributed by atoms with Gasteiger partial charge in [0.25, 0.3) is 0 Å². The lowest BCUT2D eigenvalue weighted by atomic mass is 10.0. The Bertz CT molecular complexity index is 893. The van der Waals surface area contributed by atoms with Crippen molar-refractivity contribution in [2.45, 2.75) is 65.0 Å². The average molecular weight is 429 g/mol. The predicted molar refractivity (Wildman–Crippen MR) is 116 cm³/mol. The van der Waals surface area contributed by atoms with Crippen molar-refractivity contribution < 1.29 is 18.7 Å². The Morgan fingerprint density at radius 1 is 1.16 bits per heavy atom. The van der Waals surface area contributed by atoms with E-state index >= 15 is 0 Å². The van der Waals surface area contributed by atoms with Crippen LogP contribution in [0.5, 0.6) is 0 Å². The van der Waals surface area contributed by atoms with Gasteiger partial charge in [0.2, 0.25) is 17.7 Å². The molecule has 2 aromatic rings. The molecule has 0 aliphatic carbocycles. The summed E-state index contributed by atoms with van der Waals surface area (Å²) >= 11 is 0. The molecule has 1 saturated heterocycles. The number of piperidine rings is 1. The first-order valence-corrected chi connectivity index (χ1v) is 10.8. The van der Waals surface area contributed by atoms with Gasteiger partial charge in [0, 0.05) is 44.6 Å². The van der Waals surface area contributed by atoms with Crippen molar-refractivity contribution in [3.63, 3.8) is 0 Å². The number of carbonyl (C=O) groups is 2. The van der Waals surface area contributed by atoms with Crippen LogP contribution >= 0.6 is 0 Å². The second kappa shape index (κ2) is 9.49. The number of rotatable bonds is 5. The number of benzene rings is 1. The molecule has 1 aliphatic heterocycles. The van der Waals surface area contributed by atoms with Crippen molar-refractivity contribution in [2.75, 3.05) is 20.1 Å². The number of hydrogen-bond acceptors (Lipinski definition) is 6. The second-order valence-corrected chi connectivity index (χ2v) is 9.07. The van der Waals surface area contributed by atoms with Gasteiger partial charge in [0.05, 0.1) is 0 Å². The minimum atomic E-state index is -0.518. The highest BCUT2D eigenvalue weighted by molar-refractivity contribution is 5.76. The second-order valence-electron chi connectivity index (χ2n) is 9.07. The lowest BCUT2D eigenvalue weighted by molar-refractivity contribution is -0.132. The first kappa shape index (κ1) is 22.8. The SMILES string of the molecule is Cc1ccc(-c2nnc(CCC(=O)N3CCC(N(C)C(=O)OC(C)(C)C)CC3)o2)cc1. The van der Waals surface area contributed by atoms with Crippen molar-refractivity contribution >= 4 is 12.0 Å². The molecule has 168 valence electrons. The monoisotopic (exact) mass is 428 g/mol. The number of nitrogens with zero attached hydrogens (tertiary/aromatic N) is 4. The maximum Gasteiger partial charge on any atom is 0.410 e. The predicted octanol–water partition coefficient (Wildman–Crippen LogP) is 3.84. The van der Waals surface area contributed by atoms with Crippen molar-refractivity contribution in [2.24, 2.45) is 0 Å². The van der Waals surface area contributed by atoms with Crippen LogP contribution in [0.2, 0.25) is 0 Å². The maximum absolute atomic E-state index is 12.6. The molecule has 8 nitrogen and oxygen atoms in total. The van der Waals surface area contributed by atoms with Gasteiger partial charge in [-0.2, -0.15) is 0 Å². The quantitative estimate of drug-likeness (QED) is 0.719. The van der Waals surface area contributed by atoms with E-state index in [1.54, 1.807) is 11.9 Å². The van der Waals surface area contributed by atoms with E-state index in [0.29, 0.717) is 37.7 Å². The van der Waals surface area contributed by atoms with Gasteiger partial charge in [-0.05, 0) is 52.7 Å². The Balaban J connectivity index is 1.45. The van der Waals surface area contributed by atoms with Gasteiger partial charge < -0.3 is 19.0 Å². The molecular formula is C23H32N4O4. The van der Waals surface area contributed by atoms with E-state index in [9.17, 15) is 9.59 Å². The smallest absolute Gasteiger partial charge is 0.410 e. The fraction of sp³-hybridized carbons (Fsp3) is 0.565. The highest BCUT2D eigenvalue weighted by atomic mass is 16.6. The Kier molecular flexibility index (Phi) is 6.97. The fourth-order valence-corrected chi connectivity index (χ4v) is 3.52. The summed E-state index contributed by atoms with van der Waals surface area (Å²) < 4.78 is 11.1. The van der Waals surface area contributed by atoms with Gasteiger partial charge in [0.1, 0.15) is 5.60 Å². The largest absolute Gasteiger partial charge is 0.444 e. The molecule has 0 atom stereocenters. The number of hydrogen-bond donors (Lipinski definition) is 0. The third-order valence-electron chi connectivity index (χ3n) is 5.36. The van der Waals surface area contributed by atoms with E-state index in [2.05, 4.69) is 10.2 Å². The molecule has 0 spiro atoms. The van der Waals surface area contributed by atoms with Gasteiger partial charge in [-0.3, -0.25) is 4.79 Å². The van der Waals surface area contributed by atoms with E-state index in [1.807, 2.05) is 56.9 Å². The number of amides is 2. The van der Waals surface area contributed by atoms with Gasteiger partial charge in [-0.25, -0.2) is 4.79 Å². The van der Waals surface area contributed by atoms with E-state index in [4.69, 9.17) is 9.15 Å². The molecule has 1 aliphatic rings. The minimum absolute atomic E-state index is 0.0634. The molecule has 1 aromatic heterocycles. The molecule has 0 unspecified atom stereocenters. The van der Waals surface area contributed by atoms with Crippen LogP contribution in [-0.2, 0) is 16.0 Å². The van der Waals surface area contributed by atoms with Crippen LogP contribution in [0.15, 0.2) is 28.7 Å². The van der Waals surface area contributed by atoms with Crippen LogP contribution in [0.25, 0.3) is 11.5 Å². The summed E-state index contributed by atoms with van der Waals surface area (Å²) in [5.41, 5.74) is 1.51. The zero-order valence-electron chi connectivity index (χ0n) is 19.1. The van der Waals surface area contributed by atoms with Gasteiger partial charge in [0.15, 0.2) is 0 Å². The summed E-state index contributed by atoms with van der Waals surface area (Å²) in [4.78, 5) is 28.4. The molecule has 31 heavy (non-hydrogen) atoms. The Hall–Kier alpha value is -2.90. The minimum Gasteiger partial charge on any atom is -0.444 e. The molecule has 2 heterocycles. The van der Waals surface area contributed by atoms with Crippen molar-refractivity contribution in [3.05, 3.63) is 35.7 Å². The molecular weight excluding hydrogens is 396 g/mol. The highest BCUT2D eigenvalue weighted by Crippen LogP contribution is 2.21. The summed E-state index contributed by atoms with van der Waals surface area (Å²) in [6.45, 7) is 8.82. The van der Waals surface area contributed by atoms with Crippen LogP contribution in [0.4, 0.5) is 4.79 Å².